The smallest absolute Gasteiger partial charge is 0.339 e. The maximum atomic E-state index is 12.5. The third kappa shape index (κ3) is 4.54. The lowest BCUT2D eigenvalue weighted by Gasteiger charge is -2.32. The minimum Gasteiger partial charge on any atom is -0.497 e. The number of hydrogen-bond donors (Lipinski definition) is 1. The Morgan fingerprint density at radius 3 is 2.69 bits per heavy atom. The molecule has 4 rings (SSSR count). The summed E-state index contributed by atoms with van der Waals surface area (Å²) in [5, 5.41) is 3.86. The van der Waals surface area contributed by atoms with Crippen molar-refractivity contribution < 1.29 is 23.2 Å². The number of nitrogens with one attached hydrogen (secondary N) is 1. The van der Waals surface area contributed by atoms with Gasteiger partial charge in [0.25, 0.3) is 5.91 Å². The first kappa shape index (κ1) is 21.7. The van der Waals surface area contributed by atoms with Crippen LogP contribution in [0.5, 0.6) is 5.75 Å². The average molecular weight is 438 g/mol. The zero-order valence-corrected chi connectivity index (χ0v) is 18.2. The predicted octanol–water partition coefficient (Wildman–Crippen LogP) is 3.06. The molecule has 2 amide bonds. The number of methoxy groups -OCH3 is 1. The van der Waals surface area contributed by atoms with E-state index >= 15 is 0 Å². The van der Waals surface area contributed by atoms with E-state index in [9.17, 15) is 14.4 Å². The fraction of sp³-hybridized carbons (Fsp3) is 0.375. The largest absolute Gasteiger partial charge is 0.497 e. The highest BCUT2D eigenvalue weighted by atomic mass is 16.5. The van der Waals surface area contributed by atoms with Crippen molar-refractivity contribution in [3.63, 3.8) is 0 Å². The maximum absolute atomic E-state index is 12.5. The number of ether oxygens (including phenoxy) is 1. The van der Waals surface area contributed by atoms with E-state index in [0.29, 0.717) is 54.8 Å². The zero-order chi connectivity index (χ0) is 22.7. The van der Waals surface area contributed by atoms with Gasteiger partial charge < -0.3 is 23.8 Å². The molecule has 0 bridgehead atoms. The molecule has 0 saturated carbocycles. The molecular weight excluding hydrogens is 412 g/mol. The van der Waals surface area contributed by atoms with Gasteiger partial charge in [0.05, 0.1) is 18.9 Å². The Balaban J connectivity index is 1.32. The van der Waals surface area contributed by atoms with Crippen LogP contribution in [0.15, 0.2) is 50.4 Å². The Bertz CT molecular complexity index is 1170. The molecule has 3 aromatic rings. The number of nitrogens with zero attached hydrogens (tertiary/aromatic N) is 1. The van der Waals surface area contributed by atoms with Gasteiger partial charge >= 0.3 is 5.63 Å². The summed E-state index contributed by atoms with van der Waals surface area (Å²) < 4.78 is 15.6. The number of fused-ring (bicyclic) bond motifs is 1. The lowest BCUT2D eigenvalue weighted by atomic mass is 10.0. The second kappa shape index (κ2) is 9.30. The molecule has 1 N–H and O–H groups in total. The number of carbonyl (C=O) groups excluding carboxylic acids is 2. The molecule has 168 valence electrons. The third-order valence-corrected chi connectivity index (χ3v) is 6.01. The molecule has 1 aromatic carbocycles. The van der Waals surface area contributed by atoms with E-state index in [4.69, 9.17) is 13.6 Å². The van der Waals surface area contributed by atoms with Crippen molar-refractivity contribution in [1.29, 1.82) is 0 Å². The highest BCUT2D eigenvalue weighted by Crippen LogP contribution is 2.24. The van der Waals surface area contributed by atoms with Gasteiger partial charge in [0, 0.05) is 42.6 Å². The van der Waals surface area contributed by atoms with Crippen molar-refractivity contribution >= 4 is 22.8 Å². The van der Waals surface area contributed by atoms with Crippen LogP contribution >= 0.6 is 0 Å². The third-order valence-electron chi connectivity index (χ3n) is 6.01. The number of hydrogen-bond acceptors (Lipinski definition) is 6. The number of aryl methyl sites for hydroxylation is 1. The van der Waals surface area contributed by atoms with Gasteiger partial charge in [-0.1, -0.05) is 0 Å². The quantitative estimate of drug-likeness (QED) is 0.594. The fourth-order valence-corrected chi connectivity index (χ4v) is 4.12. The van der Waals surface area contributed by atoms with Gasteiger partial charge in [-0.3, -0.25) is 9.59 Å². The van der Waals surface area contributed by atoms with Crippen molar-refractivity contribution in [2.75, 3.05) is 20.2 Å². The number of rotatable bonds is 6. The highest BCUT2D eigenvalue weighted by molar-refractivity contribution is 5.93. The van der Waals surface area contributed by atoms with Gasteiger partial charge in [-0.15, -0.1) is 0 Å². The lowest BCUT2D eigenvalue weighted by molar-refractivity contribution is -0.122. The number of piperidine rings is 1. The van der Waals surface area contributed by atoms with Crippen molar-refractivity contribution in [3.05, 3.63) is 63.9 Å². The lowest BCUT2D eigenvalue weighted by Crippen LogP contribution is -2.46. The summed E-state index contributed by atoms with van der Waals surface area (Å²) in [6.45, 7) is 3.02. The zero-order valence-electron chi connectivity index (χ0n) is 18.2. The molecular formula is C24H26N2O6. The van der Waals surface area contributed by atoms with Crippen LogP contribution in [-0.2, 0) is 11.2 Å². The van der Waals surface area contributed by atoms with Gasteiger partial charge in [0.2, 0.25) is 5.91 Å². The Labute approximate surface area is 185 Å². The normalized spacial score (nSPS) is 14.5. The van der Waals surface area contributed by atoms with Crippen LogP contribution in [0.3, 0.4) is 0 Å². The van der Waals surface area contributed by atoms with E-state index in [1.807, 2.05) is 19.1 Å². The summed E-state index contributed by atoms with van der Waals surface area (Å²) >= 11 is 0. The number of benzene rings is 1. The maximum Gasteiger partial charge on any atom is 0.339 e. The summed E-state index contributed by atoms with van der Waals surface area (Å²) in [5.74, 6) is 0.447. The number of furan rings is 1. The molecule has 0 spiro atoms. The van der Waals surface area contributed by atoms with E-state index < -0.39 is 5.63 Å². The number of carbonyl (C=O) groups is 2. The fourth-order valence-electron chi connectivity index (χ4n) is 4.12. The minimum absolute atomic E-state index is 0.0116. The molecule has 2 aromatic heterocycles. The molecule has 1 saturated heterocycles. The Morgan fingerprint density at radius 1 is 1.22 bits per heavy atom. The van der Waals surface area contributed by atoms with Crippen molar-refractivity contribution in [3.8, 4) is 5.75 Å². The summed E-state index contributed by atoms with van der Waals surface area (Å²) in [6, 6.07) is 7.02. The summed E-state index contributed by atoms with van der Waals surface area (Å²) in [5.41, 5.74) is 1.91. The predicted molar refractivity (Wildman–Crippen MR) is 118 cm³/mol. The minimum atomic E-state index is -0.429. The van der Waals surface area contributed by atoms with Gasteiger partial charge in [-0.25, -0.2) is 4.79 Å². The second-order valence-electron chi connectivity index (χ2n) is 8.00. The molecule has 0 radical (unpaired) electrons. The first-order valence-corrected chi connectivity index (χ1v) is 10.7. The molecule has 1 fully saturated rings. The topological polar surface area (TPSA) is 102 Å². The molecule has 8 heteroatoms. The van der Waals surface area contributed by atoms with Gasteiger partial charge in [-0.2, -0.15) is 0 Å². The van der Waals surface area contributed by atoms with Crippen LogP contribution in [0.2, 0.25) is 0 Å². The van der Waals surface area contributed by atoms with E-state index in [0.717, 1.165) is 10.9 Å². The molecule has 1 aliphatic heterocycles. The van der Waals surface area contributed by atoms with Crippen LogP contribution in [0.1, 0.15) is 40.7 Å². The monoisotopic (exact) mass is 438 g/mol. The van der Waals surface area contributed by atoms with Crippen LogP contribution in [0.25, 0.3) is 11.0 Å². The van der Waals surface area contributed by atoms with Gasteiger partial charge in [0.1, 0.15) is 17.6 Å². The second-order valence-corrected chi connectivity index (χ2v) is 8.00. The molecule has 1 aliphatic rings. The first-order valence-electron chi connectivity index (χ1n) is 10.7. The van der Waals surface area contributed by atoms with Crippen LogP contribution in [0, 0.1) is 6.92 Å². The Morgan fingerprint density at radius 2 is 2.00 bits per heavy atom. The molecule has 0 unspecified atom stereocenters. The standard InChI is InChI=1S/C24H26N2O6/c1-15-19-4-3-18(30-2)13-21(19)32-24(29)20(15)5-6-22(27)25-17-7-10-26(11-8-17)23(28)16-9-12-31-14-16/h3-4,9,12-14,17H,5-8,10-11H2,1-2H3,(H,25,27). The van der Waals surface area contributed by atoms with E-state index in [1.54, 1.807) is 24.1 Å². The highest BCUT2D eigenvalue weighted by Gasteiger charge is 2.25. The Kier molecular flexibility index (Phi) is 6.30. The van der Waals surface area contributed by atoms with Gasteiger partial charge in [0.15, 0.2) is 0 Å². The average Bonchev–Trinajstić information content (AvgIpc) is 3.33. The first-order chi connectivity index (χ1) is 15.5. The molecule has 0 atom stereocenters. The van der Waals surface area contributed by atoms with E-state index in [-0.39, 0.29) is 24.3 Å². The van der Waals surface area contributed by atoms with Crippen LogP contribution < -0.4 is 15.7 Å². The summed E-state index contributed by atoms with van der Waals surface area (Å²) in [7, 11) is 1.56. The molecule has 32 heavy (non-hydrogen) atoms. The number of likely N-dealkylation sites (tertiary alicyclic amines) is 1. The van der Waals surface area contributed by atoms with Crippen molar-refractivity contribution in [2.24, 2.45) is 0 Å². The molecule has 3 heterocycles. The SMILES string of the molecule is COc1ccc2c(C)c(CCC(=O)NC3CCN(C(=O)c4ccoc4)CC3)c(=O)oc2c1. The summed E-state index contributed by atoms with van der Waals surface area (Å²) in [4.78, 5) is 39.1. The van der Waals surface area contributed by atoms with Crippen molar-refractivity contribution in [1.82, 2.24) is 10.2 Å². The number of amides is 2. The Hall–Kier alpha value is -3.55. The van der Waals surface area contributed by atoms with E-state index in [1.165, 1.54) is 12.5 Å². The van der Waals surface area contributed by atoms with Crippen LogP contribution in [-0.4, -0.2) is 43.0 Å². The molecule has 0 aliphatic carbocycles. The van der Waals surface area contributed by atoms with E-state index in [2.05, 4.69) is 5.32 Å². The van der Waals surface area contributed by atoms with Gasteiger partial charge in [-0.05, 0) is 49.9 Å². The van der Waals surface area contributed by atoms with Crippen molar-refractivity contribution in [2.45, 2.75) is 38.6 Å². The molecule has 8 nitrogen and oxygen atoms in total. The van der Waals surface area contributed by atoms with Crippen LogP contribution in [0.4, 0.5) is 0 Å². The summed E-state index contributed by atoms with van der Waals surface area (Å²) in [6.07, 6.45) is 4.80.